The molecule has 0 radical (unpaired) electrons. The van der Waals surface area contributed by atoms with Gasteiger partial charge in [0, 0.05) is 12.8 Å². The van der Waals surface area contributed by atoms with E-state index in [-0.39, 0.29) is 5.79 Å². The average molecular weight is 308 g/mol. The Kier molecular flexibility index (Phi) is 3.96. The third-order valence-electron chi connectivity index (χ3n) is 5.07. The zero-order valence-corrected chi connectivity index (χ0v) is 13.8. The number of hydrogen-bond acceptors (Lipinski definition) is 2. The van der Waals surface area contributed by atoms with Crippen molar-refractivity contribution in [2.24, 2.45) is 0 Å². The summed E-state index contributed by atoms with van der Waals surface area (Å²) in [7, 11) is 0. The first-order valence-electron chi connectivity index (χ1n) is 8.70. The number of hydrogen-bond donors (Lipinski definition) is 0. The molecule has 1 spiro atoms. The van der Waals surface area contributed by atoms with Crippen LogP contribution in [0.1, 0.15) is 36.8 Å². The molecule has 2 unspecified atom stereocenters. The van der Waals surface area contributed by atoms with Crippen LogP contribution in [0.15, 0.2) is 48.5 Å². The molecule has 2 aromatic rings. The zero-order chi connectivity index (χ0) is 15.7. The van der Waals surface area contributed by atoms with Gasteiger partial charge >= 0.3 is 0 Å². The molecule has 0 aliphatic carbocycles. The van der Waals surface area contributed by atoms with Gasteiger partial charge in [-0.2, -0.15) is 0 Å². The Labute approximate surface area is 138 Å². The summed E-state index contributed by atoms with van der Waals surface area (Å²) < 4.78 is 12.1. The Hall–Kier alpha value is -1.64. The fourth-order valence-electron chi connectivity index (χ4n) is 3.79. The molecular weight excluding hydrogens is 284 g/mol. The molecular formula is C21H24O2. The van der Waals surface area contributed by atoms with Crippen molar-refractivity contribution in [1.82, 2.24) is 0 Å². The van der Waals surface area contributed by atoms with Crippen molar-refractivity contribution < 1.29 is 9.47 Å². The third kappa shape index (κ3) is 3.19. The largest absolute Gasteiger partial charge is 0.350 e. The van der Waals surface area contributed by atoms with Gasteiger partial charge in [-0.25, -0.2) is 0 Å². The van der Waals surface area contributed by atoms with Crippen molar-refractivity contribution in [3.8, 4) is 11.1 Å². The first-order chi connectivity index (χ1) is 11.2. The molecule has 2 atom stereocenters. The monoisotopic (exact) mass is 308 g/mol. The summed E-state index contributed by atoms with van der Waals surface area (Å²) in [6, 6.07) is 17.6. The smallest absolute Gasteiger partial charge is 0.168 e. The SMILES string of the molecule is Cc1ccc(-c2cccc(CC3CCC4(CCCO4)O3)c2)cc1. The van der Waals surface area contributed by atoms with Crippen molar-refractivity contribution in [3.05, 3.63) is 59.7 Å². The van der Waals surface area contributed by atoms with E-state index in [0.29, 0.717) is 6.10 Å². The van der Waals surface area contributed by atoms with E-state index >= 15 is 0 Å². The van der Waals surface area contributed by atoms with Gasteiger partial charge in [0.15, 0.2) is 5.79 Å². The third-order valence-corrected chi connectivity index (χ3v) is 5.07. The van der Waals surface area contributed by atoms with Crippen LogP contribution in [0.25, 0.3) is 11.1 Å². The Morgan fingerprint density at radius 1 is 1.04 bits per heavy atom. The normalized spacial score (nSPS) is 26.9. The highest BCUT2D eigenvalue weighted by Crippen LogP contribution is 2.40. The summed E-state index contributed by atoms with van der Waals surface area (Å²) in [5.74, 6) is -0.251. The van der Waals surface area contributed by atoms with Crippen molar-refractivity contribution in [2.45, 2.75) is 50.9 Å². The summed E-state index contributed by atoms with van der Waals surface area (Å²) in [6.07, 6.45) is 5.62. The van der Waals surface area contributed by atoms with Gasteiger partial charge in [0.05, 0.1) is 12.7 Å². The fraction of sp³-hybridized carbons (Fsp3) is 0.429. The van der Waals surface area contributed by atoms with E-state index in [0.717, 1.165) is 38.7 Å². The molecule has 2 aromatic carbocycles. The summed E-state index contributed by atoms with van der Waals surface area (Å²) >= 11 is 0. The highest BCUT2D eigenvalue weighted by Gasteiger charge is 2.43. The van der Waals surface area contributed by atoms with Crippen molar-refractivity contribution in [2.75, 3.05) is 6.61 Å². The van der Waals surface area contributed by atoms with Crippen LogP contribution in [-0.4, -0.2) is 18.5 Å². The van der Waals surface area contributed by atoms with Crippen LogP contribution in [0, 0.1) is 6.92 Å². The number of benzene rings is 2. The average Bonchev–Trinajstić information content (AvgIpc) is 3.19. The van der Waals surface area contributed by atoms with Crippen molar-refractivity contribution in [1.29, 1.82) is 0 Å². The molecule has 2 aliphatic rings. The maximum absolute atomic E-state index is 6.25. The van der Waals surface area contributed by atoms with E-state index in [1.807, 2.05) is 0 Å². The predicted molar refractivity (Wildman–Crippen MR) is 92.3 cm³/mol. The predicted octanol–water partition coefficient (Wildman–Crippen LogP) is 4.89. The summed E-state index contributed by atoms with van der Waals surface area (Å²) in [4.78, 5) is 0. The molecule has 0 bridgehead atoms. The Morgan fingerprint density at radius 3 is 2.70 bits per heavy atom. The molecule has 0 amide bonds. The van der Waals surface area contributed by atoms with Gasteiger partial charge in [-0.05, 0) is 42.9 Å². The van der Waals surface area contributed by atoms with Crippen LogP contribution in [0.2, 0.25) is 0 Å². The molecule has 0 aromatic heterocycles. The minimum atomic E-state index is -0.251. The standard InChI is InChI=1S/C21H24O2/c1-16-6-8-18(9-7-16)19-5-2-4-17(14-19)15-20-10-12-21(23-20)11-3-13-22-21/h2,4-9,14,20H,3,10-13,15H2,1H3. The Bertz CT molecular complexity index is 668. The minimum Gasteiger partial charge on any atom is -0.350 e. The summed E-state index contributed by atoms with van der Waals surface area (Å²) in [5, 5.41) is 0. The number of ether oxygens (including phenoxy) is 2. The second-order valence-corrected chi connectivity index (χ2v) is 6.91. The lowest BCUT2D eigenvalue weighted by Gasteiger charge is -2.23. The molecule has 4 rings (SSSR count). The van der Waals surface area contributed by atoms with E-state index in [9.17, 15) is 0 Å². The number of aryl methyl sites for hydroxylation is 1. The lowest BCUT2D eigenvalue weighted by atomic mass is 9.98. The van der Waals surface area contributed by atoms with Gasteiger partial charge in [0.2, 0.25) is 0 Å². The van der Waals surface area contributed by atoms with Crippen LogP contribution in [0.5, 0.6) is 0 Å². The second kappa shape index (κ2) is 6.10. The van der Waals surface area contributed by atoms with Gasteiger partial charge < -0.3 is 9.47 Å². The van der Waals surface area contributed by atoms with E-state index in [1.165, 1.54) is 22.3 Å². The molecule has 23 heavy (non-hydrogen) atoms. The van der Waals surface area contributed by atoms with E-state index in [4.69, 9.17) is 9.47 Å². The van der Waals surface area contributed by atoms with Crippen LogP contribution < -0.4 is 0 Å². The van der Waals surface area contributed by atoms with Gasteiger partial charge in [0.1, 0.15) is 0 Å². The quantitative estimate of drug-likeness (QED) is 0.803. The van der Waals surface area contributed by atoms with E-state index in [1.54, 1.807) is 0 Å². The Balaban J connectivity index is 1.48. The lowest BCUT2D eigenvalue weighted by Crippen LogP contribution is -2.28. The minimum absolute atomic E-state index is 0.251. The highest BCUT2D eigenvalue weighted by atomic mass is 16.7. The van der Waals surface area contributed by atoms with Gasteiger partial charge in [0.25, 0.3) is 0 Å². The molecule has 120 valence electrons. The van der Waals surface area contributed by atoms with Gasteiger partial charge in [-0.3, -0.25) is 0 Å². The molecule has 2 heterocycles. The van der Waals surface area contributed by atoms with Crippen LogP contribution >= 0.6 is 0 Å². The lowest BCUT2D eigenvalue weighted by molar-refractivity contribution is -0.198. The molecule has 0 saturated carbocycles. The van der Waals surface area contributed by atoms with E-state index < -0.39 is 0 Å². The Morgan fingerprint density at radius 2 is 1.91 bits per heavy atom. The molecule has 2 nitrogen and oxygen atoms in total. The molecule has 0 N–H and O–H groups in total. The summed E-state index contributed by atoms with van der Waals surface area (Å²) in [5.41, 5.74) is 5.21. The van der Waals surface area contributed by atoms with Crippen LogP contribution in [0.3, 0.4) is 0 Å². The molecule has 2 fully saturated rings. The maximum Gasteiger partial charge on any atom is 0.168 e. The van der Waals surface area contributed by atoms with Gasteiger partial charge in [-0.1, -0.05) is 54.1 Å². The van der Waals surface area contributed by atoms with Crippen LogP contribution in [0.4, 0.5) is 0 Å². The second-order valence-electron chi connectivity index (χ2n) is 6.91. The van der Waals surface area contributed by atoms with Crippen molar-refractivity contribution >= 4 is 0 Å². The first-order valence-corrected chi connectivity index (χ1v) is 8.70. The van der Waals surface area contributed by atoms with Gasteiger partial charge in [-0.15, -0.1) is 0 Å². The summed E-state index contributed by atoms with van der Waals surface area (Å²) in [6.45, 7) is 2.98. The zero-order valence-electron chi connectivity index (χ0n) is 13.8. The molecule has 2 aliphatic heterocycles. The maximum atomic E-state index is 6.25. The topological polar surface area (TPSA) is 18.5 Å². The molecule has 2 saturated heterocycles. The molecule has 2 heteroatoms. The first kappa shape index (κ1) is 14.9. The fourth-order valence-corrected chi connectivity index (χ4v) is 3.79. The number of rotatable bonds is 3. The van der Waals surface area contributed by atoms with Crippen LogP contribution in [-0.2, 0) is 15.9 Å². The highest BCUT2D eigenvalue weighted by molar-refractivity contribution is 5.64. The van der Waals surface area contributed by atoms with Crippen molar-refractivity contribution in [3.63, 3.8) is 0 Å². The van der Waals surface area contributed by atoms with E-state index in [2.05, 4.69) is 55.5 Å².